The van der Waals surface area contributed by atoms with Gasteiger partial charge in [0.05, 0.1) is 5.02 Å². The number of rotatable bonds is 8. The number of halogens is 1. The van der Waals surface area contributed by atoms with Gasteiger partial charge in [0.1, 0.15) is 22.6 Å². The summed E-state index contributed by atoms with van der Waals surface area (Å²) in [6.45, 7) is 2.14. The van der Waals surface area contributed by atoms with E-state index in [1.54, 1.807) is 30.3 Å². The van der Waals surface area contributed by atoms with Gasteiger partial charge in [-0.3, -0.25) is 4.79 Å². The molecule has 8 heteroatoms. The first kappa shape index (κ1) is 21.4. The lowest BCUT2D eigenvalue weighted by atomic mass is 10.1. The van der Waals surface area contributed by atoms with Gasteiger partial charge in [-0.1, -0.05) is 37.1 Å². The largest absolute Gasteiger partial charge is 0.480 e. The van der Waals surface area contributed by atoms with Crippen LogP contribution in [0.2, 0.25) is 5.02 Å². The highest BCUT2D eigenvalue weighted by Crippen LogP contribution is 2.24. The third kappa shape index (κ3) is 5.39. The minimum absolute atomic E-state index is 0.0727. The number of esters is 1. The Hall–Kier alpha value is -3.32. The first-order valence-corrected chi connectivity index (χ1v) is 9.80. The molecule has 1 heterocycles. The molecule has 3 rings (SSSR count). The van der Waals surface area contributed by atoms with Crippen molar-refractivity contribution in [2.75, 3.05) is 13.2 Å². The predicted octanol–water partition coefficient (Wildman–Crippen LogP) is 3.96. The van der Waals surface area contributed by atoms with Crippen LogP contribution in [0.25, 0.3) is 11.0 Å². The molecule has 2 aromatic carbocycles. The Morgan fingerprint density at radius 1 is 1.13 bits per heavy atom. The van der Waals surface area contributed by atoms with Crippen LogP contribution in [-0.4, -0.2) is 25.0 Å². The molecular formula is C22H20ClNO6. The molecule has 0 bridgehead atoms. The van der Waals surface area contributed by atoms with Gasteiger partial charge in [-0.15, -0.1) is 0 Å². The summed E-state index contributed by atoms with van der Waals surface area (Å²) < 4.78 is 15.8. The Bertz CT molecular complexity index is 1120. The number of hydrogen-bond acceptors (Lipinski definition) is 6. The molecule has 30 heavy (non-hydrogen) atoms. The smallest absolute Gasteiger partial charge is 0.349 e. The van der Waals surface area contributed by atoms with Crippen LogP contribution < -0.4 is 20.4 Å². The quantitative estimate of drug-likeness (QED) is 0.252. The lowest BCUT2D eigenvalue weighted by Gasteiger charge is -2.08. The summed E-state index contributed by atoms with van der Waals surface area (Å²) in [6, 6.07) is 12.7. The summed E-state index contributed by atoms with van der Waals surface area (Å²) in [5.41, 5.74) is -0.638. The van der Waals surface area contributed by atoms with E-state index in [0.717, 1.165) is 12.8 Å². The van der Waals surface area contributed by atoms with E-state index >= 15 is 0 Å². The highest BCUT2D eigenvalue weighted by Gasteiger charge is 2.14. The first-order valence-electron chi connectivity index (χ1n) is 9.42. The molecule has 0 aliphatic carbocycles. The number of fused-ring (bicyclic) bond motifs is 1. The zero-order chi connectivity index (χ0) is 21.5. The number of amides is 1. The molecule has 3 aromatic rings. The fourth-order valence-corrected chi connectivity index (χ4v) is 2.84. The van der Waals surface area contributed by atoms with Crippen molar-refractivity contribution < 1.29 is 23.5 Å². The van der Waals surface area contributed by atoms with Gasteiger partial charge in [0.2, 0.25) is 0 Å². The van der Waals surface area contributed by atoms with E-state index in [9.17, 15) is 14.4 Å². The van der Waals surface area contributed by atoms with Crippen molar-refractivity contribution in [3.05, 3.63) is 69.5 Å². The normalized spacial score (nSPS) is 10.6. The number of hydrogen-bond donors (Lipinski definition) is 1. The Labute approximate surface area is 177 Å². The van der Waals surface area contributed by atoms with Crippen LogP contribution >= 0.6 is 11.6 Å². The predicted molar refractivity (Wildman–Crippen MR) is 112 cm³/mol. The van der Waals surface area contributed by atoms with Crippen molar-refractivity contribution in [1.29, 1.82) is 0 Å². The number of benzene rings is 2. The van der Waals surface area contributed by atoms with Crippen molar-refractivity contribution in [3.63, 3.8) is 0 Å². The van der Waals surface area contributed by atoms with Crippen LogP contribution in [0.3, 0.4) is 0 Å². The number of para-hydroxylation sites is 1. The van der Waals surface area contributed by atoms with Gasteiger partial charge < -0.3 is 19.2 Å². The molecule has 0 radical (unpaired) electrons. The third-order valence-corrected chi connectivity index (χ3v) is 4.49. The van der Waals surface area contributed by atoms with Crippen molar-refractivity contribution in [1.82, 2.24) is 5.32 Å². The molecule has 156 valence electrons. The van der Waals surface area contributed by atoms with Gasteiger partial charge in [0.25, 0.3) is 5.91 Å². The van der Waals surface area contributed by atoms with E-state index in [2.05, 4.69) is 5.32 Å². The van der Waals surface area contributed by atoms with Gasteiger partial charge in [-0.25, -0.2) is 9.59 Å². The summed E-state index contributed by atoms with van der Waals surface area (Å²) in [6.07, 6.45) is 1.75. The van der Waals surface area contributed by atoms with Crippen LogP contribution in [0.4, 0.5) is 0 Å². The lowest BCUT2D eigenvalue weighted by Crippen LogP contribution is -2.28. The molecule has 0 fully saturated rings. The number of carbonyl (C=O) groups is 2. The number of ether oxygens (including phenoxy) is 2. The average molecular weight is 430 g/mol. The third-order valence-electron chi connectivity index (χ3n) is 4.18. The van der Waals surface area contributed by atoms with E-state index in [1.165, 1.54) is 18.2 Å². The van der Waals surface area contributed by atoms with E-state index in [0.29, 0.717) is 22.7 Å². The highest BCUT2D eigenvalue weighted by atomic mass is 35.5. The average Bonchev–Trinajstić information content (AvgIpc) is 2.72. The van der Waals surface area contributed by atoms with Crippen molar-refractivity contribution in [2.24, 2.45) is 0 Å². The maximum absolute atomic E-state index is 12.2. The summed E-state index contributed by atoms with van der Waals surface area (Å²) >= 11 is 5.97. The van der Waals surface area contributed by atoms with Gasteiger partial charge in [-0.2, -0.15) is 0 Å². The zero-order valence-corrected chi connectivity index (χ0v) is 17.0. The Kier molecular flexibility index (Phi) is 7.08. The number of nitrogens with one attached hydrogen (secondary N) is 1. The fourth-order valence-electron chi connectivity index (χ4n) is 2.65. The highest BCUT2D eigenvalue weighted by molar-refractivity contribution is 6.32. The molecule has 0 atom stereocenters. The second-order valence-corrected chi connectivity index (χ2v) is 6.86. The second-order valence-electron chi connectivity index (χ2n) is 6.45. The topological polar surface area (TPSA) is 94.8 Å². The summed E-state index contributed by atoms with van der Waals surface area (Å²) in [4.78, 5) is 36.3. The molecule has 0 saturated heterocycles. The van der Waals surface area contributed by atoms with E-state index in [4.69, 9.17) is 25.5 Å². The van der Waals surface area contributed by atoms with Crippen LogP contribution in [0.15, 0.2) is 57.7 Å². The molecule has 0 aliphatic heterocycles. The minimum atomic E-state index is -0.762. The van der Waals surface area contributed by atoms with Crippen LogP contribution in [0.1, 0.15) is 30.1 Å². The van der Waals surface area contributed by atoms with Gasteiger partial charge in [-0.05, 0) is 36.8 Å². The Balaban J connectivity index is 1.68. The van der Waals surface area contributed by atoms with Crippen molar-refractivity contribution in [3.8, 4) is 11.5 Å². The summed E-state index contributed by atoms with van der Waals surface area (Å²) in [5.74, 6) is -0.584. The van der Waals surface area contributed by atoms with E-state index in [1.807, 2.05) is 6.92 Å². The minimum Gasteiger partial charge on any atom is -0.480 e. The molecule has 0 unspecified atom stereocenters. The van der Waals surface area contributed by atoms with Gasteiger partial charge in [0.15, 0.2) is 6.61 Å². The summed E-state index contributed by atoms with van der Waals surface area (Å²) in [5, 5.41) is 3.59. The molecule has 7 nitrogen and oxygen atoms in total. The Morgan fingerprint density at radius 2 is 1.93 bits per heavy atom. The van der Waals surface area contributed by atoms with E-state index in [-0.39, 0.29) is 23.5 Å². The molecule has 0 spiro atoms. The van der Waals surface area contributed by atoms with Crippen molar-refractivity contribution >= 4 is 34.4 Å². The molecule has 1 aromatic heterocycles. The van der Waals surface area contributed by atoms with E-state index < -0.39 is 17.5 Å². The first-order chi connectivity index (χ1) is 14.5. The standard InChI is InChI=1S/C22H20ClNO6/c1-2-3-10-24-21(26)16-11-14-8-9-15(12-19(14)30-22(16)27)29-20(25)13-28-18-7-5-4-6-17(18)23/h4-9,11-12H,2-3,10,13H2,1H3,(H,24,26). The van der Waals surface area contributed by atoms with Gasteiger partial charge in [0, 0.05) is 18.0 Å². The monoisotopic (exact) mass is 429 g/mol. The molecule has 1 amide bonds. The van der Waals surface area contributed by atoms with Crippen LogP contribution in [-0.2, 0) is 4.79 Å². The zero-order valence-electron chi connectivity index (χ0n) is 16.3. The second kappa shape index (κ2) is 9.93. The lowest BCUT2D eigenvalue weighted by molar-refractivity contribution is -0.136. The number of unbranched alkanes of at least 4 members (excludes halogenated alkanes) is 1. The molecule has 1 N–H and O–H groups in total. The van der Waals surface area contributed by atoms with Crippen molar-refractivity contribution in [2.45, 2.75) is 19.8 Å². The van der Waals surface area contributed by atoms with Crippen LogP contribution in [0.5, 0.6) is 11.5 Å². The fraction of sp³-hybridized carbons (Fsp3) is 0.227. The number of carbonyl (C=O) groups excluding carboxylic acids is 2. The molecule has 0 saturated carbocycles. The van der Waals surface area contributed by atoms with Gasteiger partial charge >= 0.3 is 11.6 Å². The maximum Gasteiger partial charge on any atom is 0.349 e. The Morgan fingerprint density at radius 3 is 2.70 bits per heavy atom. The molecular weight excluding hydrogens is 410 g/mol. The summed E-state index contributed by atoms with van der Waals surface area (Å²) in [7, 11) is 0. The molecule has 0 aliphatic rings. The van der Waals surface area contributed by atoms with Crippen LogP contribution in [0, 0.1) is 0 Å². The SMILES string of the molecule is CCCCNC(=O)c1cc2ccc(OC(=O)COc3ccccc3Cl)cc2oc1=O. The maximum atomic E-state index is 12.2.